The molecule has 6 atom stereocenters. The summed E-state index contributed by atoms with van der Waals surface area (Å²) in [6, 6.07) is 0. The molecule has 0 N–H and O–H groups in total. The number of hydrogen-bond acceptors (Lipinski definition) is 1. The number of Topliss-reactive ketones (excluding diaryl/α,β-unsaturated/α-hetero) is 1. The molecule has 3 fully saturated rings. The quantitative estimate of drug-likeness (QED) is 0.623. The van der Waals surface area contributed by atoms with Crippen molar-refractivity contribution in [1.29, 1.82) is 0 Å². The van der Waals surface area contributed by atoms with Crippen molar-refractivity contribution in [2.45, 2.75) is 91.9 Å². The smallest absolute Gasteiger partial charge is 0.133 e. The molecule has 3 aliphatic carbocycles. The van der Waals surface area contributed by atoms with E-state index < -0.39 is 0 Å². The molecule has 0 radical (unpaired) electrons. The predicted molar refractivity (Wildman–Crippen MR) is 92.7 cm³/mol. The highest BCUT2D eigenvalue weighted by atomic mass is 16.1. The van der Waals surface area contributed by atoms with Gasteiger partial charge in [0.25, 0.3) is 0 Å². The number of rotatable bonds is 3. The maximum absolute atomic E-state index is 12.1. The van der Waals surface area contributed by atoms with Crippen molar-refractivity contribution in [2.24, 2.45) is 34.5 Å². The minimum absolute atomic E-state index is 0.291. The molecule has 0 bridgehead atoms. The molecule has 0 aliphatic heterocycles. The highest BCUT2D eigenvalue weighted by molar-refractivity contribution is 5.80. The van der Waals surface area contributed by atoms with Crippen LogP contribution in [0.1, 0.15) is 91.9 Å². The molecular formula is C21H36O. The predicted octanol–water partition coefficient (Wildman–Crippen LogP) is 6.01. The molecule has 22 heavy (non-hydrogen) atoms. The number of carbonyl (C=O) groups is 1. The summed E-state index contributed by atoms with van der Waals surface area (Å²) in [5.41, 5.74) is 0.716. The van der Waals surface area contributed by atoms with E-state index in [9.17, 15) is 4.79 Å². The maximum atomic E-state index is 12.1. The van der Waals surface area contributed by atoms with E-state index in [2.05, 4.69) is 27.7 Å². The molecule has 0 amide bonds. The van der Waals surface area contributed by atoms with Crippen LogP contribution in [-0.2, 0) is 4.79 Å². The van der Waals surface area contributed by atoms with Crippen LogP contribution in [0.4, 0.5) is 0 Å². The van der Waals surface area contributed by atoms with Crippen molar-refractivity contribution >= 4 is 5.78 Å². The summed E-state index contributed by atoms with van der Waals surface area (Å²) in [7, 11) is 0. The Kier molecular flexibility index (Phi) is 4.47. The zero-order valence-corrected chi connectivity index (χ0v) is 15.3. The number of fused-ring (bicyclic) bond motifs is 3. The van der Waals surface area contributed by atoms with Gasteiger partial charge in [0.15, 0.2) is 0 Å². The third-order valence-corrected chi connectivity index (χ3v) is 8.36. The van der Waals surface area contributed by atoms with Gasteiger partial charge in [0.05, 0.1) is 0 Å². The van der Waals surface area contributed by atoms with Crippen molar-refractivity contribution in [3.8, 4) is 0 Å². The molecule has 0 saturated heterocycles. The van der Waals surface area contributed by atoms with Gasteiger partial charge in [-0.1, -0.05) is 47.0 Å². The van der Waals surface area contributed by atoms with E-state index in [-0.39, 0.29) is 0 Å². The third-order valence-electron chi connectivity index (χ3n) is 8.36. The second-order valence-electron chi connectivity index (χ2n) is 9.36. The summed E-state index contributed by atoms with van der Waals surface area (Å²) in [6.07, 6.45) is 12.6. The first-order chi connectivity index (χ1) is 10.4. The van der Waals surface area contributed by atoms with E-state index >= 15 is 0 Å². The molecular weight excluding hydrogens is 268 g/mol. The van der Waals surface area contributed by atoms with Gasteiger partial charge in [0, 0.05) is 12.8 Å². The summed E-state index contributed by atoms with van der Waals surface area (Å²) in [6.45, 7) is 9.84. The van der Waals surface area contributed by atoms with Gasteiger partial charge in [-0.3, -0.25) is 4.79 Å². The van der Waals surface area contributed by atoms with Crippen LogP contribution in [0.2, 0.25) is 0 Å². The molecule has 0 aromatic carbocycles. The van der Waals surface area contributed by atoms with Gasteiger partial charge in [-0.15, -0.1) is 0 Å². The Morgan fingerprint density at radius 1 is 1.14 bits per heavy atom. The lowest BCUT2D eigenvalue weighted by molar-refractivity contribution is -0.155. The topological polar surface area (TPSA) is 17.1 Å². The summed E-state index contributed by atoms with van der Waals surface area (Å²) < 4.78 is 0. The Balaban J connectivity index is 1.85. The average Bonchev–Trinajstić information content (AvgIpc) is 2.47. The van der Waals surface area contributed by atoms with E-state index in [1.807, 2.05) is 0 Å². The summed E-state index contributed by atoms with van der Waals surface area (Å²) in [5, 5.41) is 0. The number of carbonyl (C=O) groups excluding carboxylic acids is 1. The van der Waals surface area contributed by atoms with E-state index in [0.29, 0.717) is 16.6 Å². The molecule has 3 rings (SSSR count). The molecule has 1 heteroatoms. The lowest BCUT2D eigenvalue weighted by Crippen LogP contribution is -2.56. The highest BCUT2D eigenvalue weighted by Crippen LogP contribution is 2.66. The summed E-state index contributed by atoms with van der Waals surface area (Å²) in [5.74, 6) is 4.24. The fourth-order valence-electron chi connectivity index (χ4n) is 6.65. The minimum atomic E-state index is 0.291. The Labute approximate surface area is 137 Å². The van der Waals surface area contributed by atoms with Gasteiger partial charge in [-0.05, 0) is 66.6 Å². The first-order valence-corrected chi connectivity index (χ1v) is 9.93. The molecule has 126 valence electrons. The summed E-state index contributed by atoms with van der Waals surface area (Å²) >= 11 is 0. The third kappa shape index (κ3) is 2.47. The molecule has 4 unspecified atom stereocenters. The fraction of sp³-hybridized carbons (Fsp3) is 0.952. The van der Waals surface area contributed by atoms with Crippen molar-refractivity contribution in [3.05, 3.63) is 0 Å². The Hall–Kier alpha value is -0.330. The molecule has 0 heterocycles. The van der Waals surface area contributed by atoms with Crippen molar-refractivity contribution in [2.75, 3.05) is 0 Å². The number of hydrogen-bond donors (Lipinski definition) is 0. The van der Waals surface area contributed by atoms with Gasteiger partial charge in [0.2, 0.25) is 0 Å². The van der Waals surface area contributed by atoms with Crippen molar-refractivity contribution in [1.82, 2.24) is 0 Å². The fourth-order valence-corrected chi connectivity index (χ4v) is 6.65. The second kappa shape index (κ2) is 5.95. The van der Waals surface area contributed by atoms with Crippen LogP contribution in [-0.4, -0.2) is 5.78 Å². The second-order valence-corrected chi connectivity index (χ2v) is 9.36. The minimum Gasteiger partial charge on any atom is -0.300 e. The first kappa shape index (κ1) is 16.5. The van der Waals surface area contributed by atoms with Gasteiger partial charge < -0.3 is 0 Å². The monoisotopic (exact) mass is 304 g/mol. The largest absolute Gasteiger partial charge is 0.300 e. The summed E-state index contributed by atoms with van der Waals surface area (Å²) in [4.78, 5) is 12.1. The molecule has 0 spiro atoms. The van der Waals surface area contributed by atoms with Crippen LogP contribution in [0.5, 0.6) is 0 Å². The Morgan fingerprint density at radius 2 is 1.91 bits per heavy atom. The van der Waals surface area contributed by atoms with Gasteiger partial charge in [0.1, 0.15) is 5.78 Å². The van der Waals surface area contributed by atoms with Crippen LogP contribution in [0.3, 0.4) is 0 Å². The SMILES string of the molecule is CCCCC1C(C)CCC2C1CC[C@]1(C)CC(=O)CC[C@]21C. The number of unbranched alkanes of at least 4 members (excludes halogenated alkanes) is 1. The molecule has 0 aromatic rings. The van der Waals surface area contributed by atoms with Crippen molar-refractivity contribution < 1.29 is 4.79 Å². The Bertz CT molecular complexity index is 428. The molecule has 3 saturated carbocycles. The van der Waals surface area contributed by atoms with Crippen molar-refractivity contribution in [3.63, 3.8) is 0 Å². The van der Waals surface area contributed by atoms with Crippen LogP contribution in [0.25, 0.3) is 0 Å². The van der Waals surface area contributed by atoms with Crippen LogP contribution in [0, 0.1) is 34.5 Å². The zero-order valence-electron chi connectivity index (χ0n) is 15.3. The van der Waals surface area contributed by atoms with Crippen LogP contribution in [0.15, 0.2) is 0 Å². The number of ketones is 1. The standard InChI is InChI=1S/C21H36O/c1-5-6-7-17-15(2)8-9-19-18(17)11-12-20(3)14-16(22)10-13-21(19,20)4/h15,17-19H,5-14H2,1-4H3/t15?,17?,18?,19?,20-,21-/m1/s1. The van der Waals surface area contributed by atoms with Gasteiger partial charge >= 0.3 is 0 Å². The highest BCUT2D eigenvalue weighted by Gasteiger charge is 2.59. The Morgan fingerprint density at radius 3 is 2.64 bits per heavy atom. The first-order valence-electron chi connectivity index (χ1n) is 9.93. The molecule has 3 aliphatic rings. The van der Waals surface area contributed by atoms with E-state index in [0.717, 1.165) is 36.5 Å². The van der Waals surface area contributed by atoms with E-state index in [4.69, 9.17) is 0 Å². The van der Waals surface area contributed by atoms with Gasteiger partial charge in [-0.25, -0.2) is 0 Å². The maximum Gasteiger partial charge on any atom is 0.133 e. The zero-order chi connectivity index (χ0) is 16.0. The molecule has 1 nitrogen and oxygen atoms in total. The molecule has 0 aromatic heterocycles. The van der Waals surface area contributed by atoms with E-state index in [1.165, 1.54) is 51.4 Å². The lowest BCUT2D eigenvalue weighted by atomic mass is 9.41. The van der Waals surface area contributed by atoms with Gasteiger partial charge in [-0.2, -0.15) is 0 Å². The normalized spacial score (nSPS) is 48.6. The van der Waals surface area contributed by atoms with E-state index in [1.54, 1.807) is 0 Å². The average molecular weight is 305 g/mol. The lowest BCUT2D eigenvalue weighted by Gasteiger charge is -2.63. The van der Waals surface area contributed by atoms with Crippen LogP contribution < -0.4 is 0 Å². The van der Waals surface area contributed by atoms with Crippen LogP contribution >= 0.6 is 0 Å².